The molecule has 2 heterocycles. The monoisotopic (exact) mass is 296 g/mol. The third-order valence-corrected chi connectivity index (χ3v) is 2.24. The summed E-state index contributed by atoms with van der Waals surface area (Å²) in [5.41, 5.74) is 0. The molecular formula is C11H8N2O8. The van der Waals surface area contributed by atoms with Crippen molar-refractivity contribution in [1.29, 1.82) is 0 Å². The van der Waals surface area contributed by atoms with Crippen molar-refractivity contribution in [1.82, 2.24) is 9.79 Å². The van der Waals surface area contributed by atoms with Crippen molar-refractivity contribution >= 4 is 23.8 Å². The number of hydrogen-bond acceptors (Lipinski definition) is 8. The van der Waals surface area contributed by atoms with E-state index < -0.39 is 41.9 Å². The zero-order valence-electron chi connectivity index (χ0n) is 10.3. The van der Waals surface area contributed by atoms with Crippen molar-refractivity contribution in [2.75, 3.05) is 0 Å². The molecule has 10 heteroatoms. The van der Waals surface area contributed by atoms with E-state index in [1.54, 1.807) is 0 Å². The van der Waals surface area contributed by atoms with Crippen LogP contribution in [0.15, 0.2) is 24.3 Å². The number of aromatic hydroxyl groups is 2. The highest BCUT2D eigenvalue weighted by molar-refractivity contribution is 6.12. The second kappa shape index (κ2) is 5.36. The smallest absolute Gasteiger partial charge is 0.344 e. The van der Waals surface area contributed by atoms with E-state index in [2.05, 4.69) is 9.68 Å². The largest absolute Gasteiger partial charge is 0.492 e. The molecule has 0 saturated heterocycles. The Morgan fingerprint density at radius 2 is 1.43 bits per heavy atom. The van der Waals surface area contributed by atoms with Crippen molar-refractivity contribution in [3.63, 3.8) is 0 Å². The third-order valence-electron chi connectivity index (χ3n) is 2.24. The molecule has 0 fully saturated rings. The number of aromatic nitrogens is 1. The van der Waals surface area contributed by atoms with Crippen LogP contribution in [0.5, 0.6) is 11.8 Å². The summed E-state index contributed by atoms with van der Waals surface area (Å²) in [6, 6.07) is 2.10. The maximum Gasteiger partial charge on any atom is 0.344 e. The summed E-state index contributed by atoms with van der Waals surface area (Å²) in [6.07, 6.45) is 0.835. The van der Waals surface area contributed by atoms with Gasteiger partial charge in [0.05, 0.1) is 0 Å². The molecule has 2 rings (SSSR count). The maximum absolute atomic E-state index is 11.4. The molecule has 0 radical (unpaired) electrons. The Morgan fingerprint density at radius 3 is 1.95 bits per heavy atom. The van der Waals surface area contributed by atoms with Gasteiger partial charge in [-0.3, -0.25) is 9.59 Å². The van der Waals surface area contributed by atoms with Crippen LogP contribution in [-0.4, -0.2) is 43.8 Å². The van der Waals surface area contributed by atoms with E-state index in [1.807, 2.05) is 0 Å². The van der Waals surface area contributed by atoms with Gasteiger partial charge in [0.25, 0.3) is 11.8 Å². The molecule has 2 amide bonds. The van der Waals surface area contributed by atoms with Gasteiger partial charge in [-0.1, -0.05) is 5.06 Å². The molecule has 0 unspecified atom stereocenters. The molecule has 1 aromatic heterocycles. The van der Waals surface area contributed by atoms with Gasteiger partial charge in [-0.25, -0.2) is 9.59 Å². The first-order chi connectivity index (χ1) is 9.88. The lowest BCUT2D eigenvalue weighted by molar-refractivity contribution is -0.197. The number of carbonyl (C=O) groups is 4. The Labute approximate surface area is 116 Å². The van der Waals surface area contributed by atoms with Crippen molar-refractivity contribution < 1.29 is 39.1 Å². The van der Waals surface area contributed by atoms with Crippen LogP contribution in [0.2, 0.25) is 0 Å². The lowest BCUT2D eigenvalue weighted by Crippen LogP contribution is -2.34. The van der Waals surface area contributed by atoms with E-state index in [0.717, 1.165) is 24.3 Å². The number of hydrogen-bond donors (Lipinski definition) is 2. The molecule has 1 aromatic rings. The van der Waals surface area contributed by atoms with Gasteiger partial charge in [0.15, 0.2) is 0 Å². The minimum Gasteiger partial charge on any atom is -0.492 e. The number of amides is 2. The Morgan fingerprint density at radius 1 is 0.952 bits per heavy atom. The predicted molar refractivity (Wildman–Crippen MR) is 61.1 cm³/mol. The van der Waals surface area contributed by atoms with Crippen LogP contribution in [0, 0.1) is 0 Å². The Bertz CT molecular complexity index is 622. The highest BCUT2D eigenvalue weighted by atomic mass is 16.7. The summed E-state index contributed by atoms with van der Waals surface area (Å²) in [5.74, 6) is -5.26. The fraction of sp³-hybridized carbons (Fsp3) is 0.0909. The number of nitrogens with zero attached hydrogens (tertiary/aromatic N) is 2. The first-order valence-electron chi connectivity index (χ1n) is 5.46. The zero-order valence-corrected chi connectivity index (χ0v) is 10.3. The summed E-state index contributed by atoms with van der Waals surface area (Å²) >= 11 is 0. The first kappa shape index (κ1) is 14.1. The number of hydroxylamine groups is 2. The summed E-state index contributed by atoms with van der Waals surface area (Å²) in [5, 5.41) is 18.6. The quantitative estimate of drug-likeness (QED) is 0.513. The molecular weight excluding hydrogens is 288 g/mol. The van der Waals surface area contributed by atoms with Gasteiger partial charge in [-0.15, -0.1) is 4.73 Å². The lowest BCUT2D eigenvalue weighted by atomic mass is 10.4. The van der Waals surface area contributed by atoms with Gasteiger partial charge in [0.2, 0.25) is 11.8 Å². The molecule has 2 N–H and O–H groups in total. The van der Waals surface area contributed by atoms with Crippen molar-refractivity contribution in [2.45, 2.75) is 6.42 Å². The highest BCUT2D eigenvalue weighted by Gasteiger charge is 2.29. The number of imide groups is 1. The van der Waals surface area contributed by atoms with E-state index in [1.165, 1.54) is 0 Å². The molecule has 21 heavy (non-hydrogen) atoms. The zero-order chi connectivity index (χ0) is 15.6. The normalized spacial score (nSPS) is 13.6. The van der Waals surface area contributed by atoms with Crippen LogP contribution in [0.25, 0.3) is 0 Å². The number of rotatable bonds is 4. The molecule has 0 saturated carbocycles. The van der Waals surface area contributed by atoms with Crippen LogP contribution in [0.1, 0.15) is 6.42 Å². The molecule has 1 aliphatic rings. The Kier molecular flexibility index (Phi) is 3.61. The van der Waals surface area contributed by atoms with E-state index in [-0.39, 0.29) is 5.06 Å². The summed E-state index contributed by atoms with van der Waals surface area (Å²) in [6.45, 7) is 0. The van der Waals surface area contributed by atoms with Crippen molar-refractivity contribution in [2.24, 2.45) is 0 Å². The van der Waals surface area contributed by atoms with Gasteiger partial charge >= 0.3 is 11.9 Å². The fourth-order valence-corrected chi connectivity index (χ4v) is 1.36. The second-order valence-electron chi connectivity index (χ2n) is 3.75. The summed E-state index contributed by atoms with van der Waals surface area (Å²) in [7, 11) is 0. The molecule has 0 bridgehead atoms. The molecule has 0 spiro atoms. The van der Waals surface area contributed by atoms with Crippen LogP contribution in [-0.2, 0) is 24.0 Å². The van der Waals surface area contributed by atoms with Gasteiger partial charge in [-0.05, 0) is 0 Å². The minimum atomic E-state index is -1.23. The van der Waals surface area contributed by atoms with E-state index in [9.17, 15) is 29.4 Å². The summed E-state index contributed by atoms with van der Waals surface area (Å²) < 4.78 is 0.378. The molecule has 0 atom stereocenters. The Balaban J connectivity index is 1.90. The fourth-order valence-electron chi connectivity index (χ4n) is 1.36. The third kappa shape index (κ3) is 3.00. The predicted octanol–water partition coefficient (Wildman–Crippen LogP) is -1.37. The van der Waals surface area contributed by atoms with E-state index >= 15 is 0 Å². The van der Waals surface area contributed by atoms with Gasteiger partial charge < -0.3 is 19.9 Å². The molecule has 10 nitrogen and oxygen atoms in total. The Hall–Kier alpha value is -3.30. The van der Waals surface area contributed by atoms with Crippen molar-refractivity contribution in [3.05, 3.63) is 24.3 Å². The second-order valence-corrected chi connectivity index (χ2v) is 3.75. The van der Waals surface area contributed by atoms with Gasteiger partial charge in [0.1, 0.15) is 6.42 Å². The van der Waals surface area contributed by atoms with E-state index in [4.69, 9.17) is 0 Å². The number of carbonyl (C=O) groups excluding carboxylic acids is 4. The minimum absolute atomic E-state index is 0.181. The molecule has 110 valence electrons. The maximum atomic E-state index is 11.4. The average molecular weight is 296 g/mol. The summed E-state index contributed by atoms with van der Waals surface area (Å²) in [4.78, 5) is 53.8. The standard InChI is InChI=1S/C11H8N2O8/c14-6-1-2-7(15)12(6)20-10(18)5-11(19)21-13-8(16)3-4-9(13)17/h1-4,14-15H,5H2. The molecule has 0 aliphatic carbocycles. The SMILES string of the molecule is O=C(CC(=O)On1c(O)ccc1O)ON1C(=O)C=CC1=O. The average Bonchev–Trinajstić information content (AvgIpc) is 2.88. The van der Waals surface area contributed by atoms with Crippen LogP contribution in [0.4, 0.5) is 0 Å². The first-order valence-corrected chi connectivity index (χ1v) is 5.46. The lowest BCUT2D eigenvalue weighted by Gasteiger charge is -2.12. The molecule has 0 aromatic carbocycles. The van der Waals surface area contributed by atoms with Crippen LogP contribution < -0.4 is 4.84 Å². The van der Waals surface area contributed by atoms with Crippen LogP contribution in [0.3, 0.4) is 0 Å². The van der Waals surface area contributed by atoms with E-state index in [0.29, 0.717) is 4.73 Å². The van der Waals surface area contributed by atoms with Crippen LogP contribution >= 0.6 is 0 Å². The molecule has 1 aliphatic heterocycles. The topological polar surface area (TPSA) is 135 Å². The van der Waals surface area contributed by atoms with Crippen molar-refractivity contribution in [3.8, 4) is 11.8 Å². The van der Waals surface area contributed by atoms with Gasteiger partial charge in [-0.2, -0.15) is 0 Å². The highest BCUT2D eigenvalue weighted by Crippen LogP contribution is 2.18. The van der Waals surface area contributed by atoms with Gasteiger partial charge in [0, 0.05) is 24.3 Å².